The average molecular weight is 352 g/mol. The topological polar surface area (TPSA) is 60.5 Å². The van der Waals surface area contributed by atoms with Crippen molar-refractivity contribution in [2.75, 3.05) is 7.11 Å². The first kappa shape index (κ1) is 18.0. The summed E-state index contributed by atoms with van der Waals surface area (Å²) in [5, 5.41) is 2.98. The van der Waals surface area contributed by atoms with E-state index in [0.29, 0.717) is 37.0 Å². The van der Waals surface area contributed by atoms with Crippen molar-refractivity contribution in [3.8, 4) is 11.5 Å². The second-order valence-corrected chi connectivity index (χ2v) is 6.38. The van der Waals surface area contributed by atoms with E-state index in [0.717, 1.165) is 24.0 Å². The molecule has 5 heteroatoms. The van der Waals surface area contributed by atoms with Gasteiger partial charge in [0, 0.05) is 30.9 Å². The van der Waals surface area contributed by atoms with Crippen LogP contribution in [0.25, 0.3) is 0 Å². The molecule has 1 aliphatic rings. The fraction of sp³-hybridized carbons (Fsp3) is 0.333. The van der Waals surface area contributed by atoms with Crippen molar-refractivity contribution < 1.29 is 14.3 Å². The molecule has 1 atom stereocenters. The number of hydrogen-bond acceptors (Lipinski definition) is 4. The fourth-order valence-corrected chi connectivity index (χ4v) is 2.96. The summed E-state index contributed by atoms with van der Waals surface area (Å²) in [5.41, 5.74) is 1.97. The van der Waals surface area contributed by atoms with Gasteiger partial charge in [0.05, 0.1) is 7.11 Å². The van der Waals surface area contributed by atoms with Crippen LogP contribution in [0, 0.1) is 5.92 Å². The Morgan fingerprint density at radius 1 is 1.27 bits per heavy atom. The summed E-state index contributed by atoms with van der Waals surface area (Å²) in [6.07, 6.45) is 10.5. The number of methoxy groups -OCH3 is 1. The zero-order chi connectivity index (χ0) is 18.2. The molecule has 1 aromatic carbocycles. The molecule has 2 aromatic rings. The van der Waals surface area contributed by atoms with Gasteiger partial charge in [-0.05, 0) is 42.5 Å². The van der Waals surface area contributed by atoms with Gasteiger partial charge in [0.25, 0.3) is 0 Å². The number of nitrogens with one attached hydrogen (secondary N) is 1. The van der Waals surface area contributed by atoms with Crippen molar-refractivity contribution in [2.45, 2.75) is 32.4 Å². The number of carbonyl (C=O) groups is 1. The van der Waals surface area contributed by atoms with Crippen molar-refractivity contribution in [3.05, 3.63) is 66.0 Å². The third-order valence-electron chi connectivity index (χ3n) is 4.39. The van der Waals surface area contributed by atoms with Crippen molar-refractivity contribution in [3.63, 3.8) is 0 Å². The number of amides is 1. The minimum Gasteiger partial charge on any atom is -0.493 e. The van der Waals surface area contributed by atoms with Crippen LogP contribution in [0.4, 0.5) is 0 Å². The number of rotatable bonds is 8. The molecule has 1 aliphatic carbocycles. The van der Waals surface area contributed by atoms with E-state index in [1.54, 1.807) is 19.5 Å². The zero-order valence-electron chi connectivity index (χ0n) is 15.0. The molecule has 1 amide bonds. The molecular weight excluding hydrogens is 328 g/mol. The highest BCUT2D eigenvalue weighted by Crippen LogP contribution is 2.29. The van der Waals surface area contributed by atoms with E-state index in [1.807, 2.05) is 30.3 Å². The summed E-state index contributed by atoms with van der Waals surface area (Å²) in [4.78, 5) is 16.1. The van der Waals surface area contributed by atoms with E-state index >= 15 is 0 Å². The number of carbonyl (C=O) groups excluding carboxylic acids is 1. The largest absolute Gasteiger partial charge is 0.493 e. The first-order valence-corrected chi connectivity index (χ1v) is 8.86. The minimum atomic E-state index is 0.0809. The molecule has 0 fully saturated rings. The molecule has 0 spiro atoms. The molecule has 0 saturated carbocycles. The first-order chi connectivity index (χ1) is 12.7. The highest BCUT2D eigenvalue weighted by Gasteiger charge is 2.14. The van der Waals surface area contributed by atoms with Crippen LogP contribution < -0.4 is 14.8 Å². The fourth-order valence-electron chi connectivity index (χ4n) is 2.96. The normalized spacial score (nSPS) is 15.7. The van der Waals surface area contributed by atoms with E-state index in [-0.39, 0.29) is 5.91 Å². The first-order valence-electron chi connectivity index (χ1n) is 8.86. The lowest BCUT2D eigenvalue weighted by molar-refractivity contribution is -0.121. The monoisotopic (exact) mass is 352 g/mol. The Morgan fingerprint density at radius 2 is 2.19 bits per heavy atom. The Balaban J connectivity index is 1.54. The second kappa shape index (κ2) is 9.04. The summed E-state index contributed by atoms with van der Waals surface area (Å²) in [7, 11) is 1.61. The summed E-state index contributed by atoms with van der Waals surface area (Å²) >= 11 is 0. The predicted octanol–water partition coefficient (Wildman–Crippen LogP) is 3.64. The van der Waals surface area contributed by atoms with Crippen LogP contribution >= 0.6 is 0 Å². The molecular formula is C21H24N2O3. The molecule has 0 bridgehead atoms. The van der Waals surface area contributed by atoms with Crippen molar-refractivity contribution in [1.82, 2.24) is 10.3 Å². The summed E-state index contributed by atoms with van der Waals surface area (Å²) < 4.78 is 11.2. The van der Waals surface area contributed by atoms with Crippen molar-refractivity contribution in [2.24, 2.45) is 5.92 Å². The SMILES string of the molecule is COc1cc(CNC(=O)C[C@@H]2C=CCC2)ccc1OCc1cccnc1. The second-order valence-electron chi connectivity index (χ2n) is 6.38. The van der Waals surface area contributed by atoms with Crippen molar-refractivity contribution >= 4 is 5.91 Å². The molecule has 0 saturated heterocycles. The number of ether oxygens (including phenoxy) is 2. The zero-order valence-corrected chi connectivity index (χ0v) is 15.0. The maximum Gasteiger partial charge on any atom is 0.220 e. The third-order valence-corrected chi connectivity index (χ3v) is 4.39. The lowest BCUT2D eigenvalue weighted by Gasteiger charge is -2.13. The molecule has 1 aromatic heterocycles. The van der Waals surface area contributed by atoms with Gasteiger partial charge in [0.1, 0.15) is 6.61 Å². The van der Waals surface area contributed by atoms with Crippen LogP contribution in [0.1, 0.15) is 30.4 Å². The molecule has 0 aliphatic heterocycles. The highest BCUT2D eigenvalue weighted by molar-refractivity contribution is 5.76. The Labute approximate surface area is 154 Å². The molecule has 136 valence electrons. The highest BCUT2D eigenvalue weighted by atomic mass is 16.5. The number of hydrogen-bond donors (Lipinski definition) is 1. The summed E-state index contributed by atoms with van der Waals surface area (Å²) in [6, 6.07) is 9.55. The average Bonchev–Trinajstić information content (AvgIpc) is 3.18. The lowest BCUT2D eigenvalue weighted by atomic mass is 10.1. The lowest BCUT2D eigenvalue weighted by Crippen LogP contribution is -2.24. The Kier molecular flexibility index (Phi) is 6.25. The van der Waals surface area contributed by atoms with E-state index in [9.17, 15) is 4.79 Å². The van der Waals surface area contributed by atoms with Gasteiger partial charge in [0.2, 0.25) is 5.91 Å². The smallest absolute Gasteiger partial charge is 0.220 e. The number of benzene rings is 1. The summed E-state index contributed by atoms with van der Waals surface area (Å²) in [6.45, 7) is 0.906. The van der Waals surface area contributed by atoms with Crippen molar-refractivity contribution in [1.29, 1.82) is 0 Å². The molecule has 0 unspecified atom stereocenters. The van der Waals surface area contributed by atoms with E-state index in [4.69, 9.17) is 9.47 Å². The number of aromatic nitrogens is 1. The Morgan fingerprint density at radius 3 is 2.92 bits per heavy atom. The number of pyridine rings is 1. The number of nitrogens with zero attached hydrogens (tertiary/aromatic N) is 1. The third kappa shape index (κ3) is 5.09. The summed E-state index contributed by atoms with van der Waals surface area (Å²) in [5.74, 6) is 1.78. The van der Waals surface area contributed by atoms with Gasteiger partial charge in [-0.25, -0.2) is 0 Å². The minimum absolute atomic E-state index is 0.0809. The van der Waals surface area contributed by atoms with Crippen LogP contribution in [0.3, 0.4) is 0 Å². The Hall–Kier alpha value is -2.82. The molecule has 0 radical (unpaired) electrons. The molecule has 1 N–H and O–H groups in total. The molecule has 1 heterocycles. The Bertz CT molecular complexity index is 759. The van der Waals surface area contributed by atoms with Crippen LogP contribution in [-0.4, -0.2) is 18.0 Å². The van der Waals surface area contributed by atoms with Gasteiger partial charge in [-0.2, -0.15) is 0 Å². The van der Waals surface area contributed by atoms with E-state index < -0.39 is 0 Å². The van der Waals surface area contributed by atoms with Crippen LogP contribution in [0.5, 0.6) is 11.5 Å². The van der Waals surface area contributed by atoms with Gasteiger partial charge in [-0.3, -0.25) is 9.78 Å². The predicted molar refractivity (Wildman–Crippen MR) is 99.9 cm³/mol. The van der Waals surface area contributed by atoms with E-state index in [2.05, 4.69) is 22.5 Å². The van der Waals surface area contributed by atoms with Gasteiger partial charge in [-0.1, -0.05) is 24.3 Å². The molecule has 26 heavy (non-hydrogen) atoms. The van der Waals surface area contributed by atoms with Crippen LogP contribution in [0.15, 0.2) is 54.9 Å². The van der Waals surface area contributed by atoms with Crippen LogP contribution in [0.2, 0.25) is 0 Å². The maximum absolute atomic E-state index is 12.0. The van der Waals surface area contributed by atoms with Gasteiger partial charge in [-0.15, -0.1) is 0 Å². The van der Waals surface area contributed by atoms with Crippen LogP contribution in [-0.2, 0) is 17.9 Å². The molecule has 5 nitrogen and oxygen atoms in total. The van der Waals surface area contributed by atoms with Gasteiger partial charge in [0.15, 0.2) is 11.5 Å². The van der Waals surface area contributed by atoms with E-state index in [1.165, 1.54) is 0 Å². The number of allylic oxidation sites excluding steroid dienone is 2. The standard InChI is InChI=1S/C21H24N2O3/c1-25-20-11-17(14-23-21(24)12-16-5-2-3-6-16)8-9-19(20)26-15-18-7-4-10-22-13-18/h2,4-5,7-11,13,16H,3,6,12,14-15H2,1H3,(H,23,24)/t16-/m1/s1. The maximum atomic E-state index is 12.0. The van der Waals surface area contributed by atoms with Gasteiger partial charge >= 0.3 is 0 Å². The van der Waals surface area contributed by atoms with Gasteiger partial charge < -0.3 is 14.8 Å². The quantitative estimate of drug-likeness (QED) is 0.737. The molecule has 3 rings (SSSR count).